The van der Waals surface area contributed by atoms with Crippen molar-refractivity contribution in [3.8, 4) is 5.75 Å². The van der Waals surface area contributed by atoms with Crippen molar-refractivity contribution in [1.29, 1.82) is 0 Å². The van der Waals surface area contributed by atoms with Gasteiger partial charge in [0, 0.05) is 25.5 Å². The SMILES string of the molecule is COc1ccccc1CC(CO)CCc1ccnn1C. The highest BCUT2D eigenvalue weighted by molar-refractivity contribution is 5.33. The zero-order valence-corrected chi connectivity index (χ0v) is 12.1. The number of para-hydroxylation sites is 1. The molecule has 0 fully saturated rings. The molecule has 108 valence electrons. The van der Waals surface area contributed by atoms with Gasteiger partial charge in [0.2, 0.25) is 0 Å². The van der Waals surface area contributed by atoms with Crippen molar-refractivity contribution in [3.63, 3.8) is 0 Å². The largest absolute Gasteiger partial charge is 0.496 e. The number of hydrogen-bond donors (Lipinski definition) is 1. The molecule has 1 aromatic carbocycles. The van der Waals surface area contributed by atoms with E-state index >= 15 is 0 Å². The average Bonchev–Trinajstić information content (AvgIpc) is 2.89. The Kier molecular flexibility index (Phi) is 5.18. The maximum absolute atomic E-state index is 9.59. The van der Waals surface area contributed by atoms with Crippen molar-refractivity contribution in [2.24, 2.45) is 13.0 Å². The monoisotopic (exact) mass is 274 g/mol. The fraction of sp³-hybridized carbons (Fsp3) is 0.438. The lowest BCUT2D eigenvalue weighted by Gasteiger charge is -2.16. The zero-order chi connectivity index (χ0) is 14.4. The molecule has 0 bridgehead atoms. The van der Waals surface area contributed by atoms with Crippen LogP contribution in [-0.4, -0.2) is 28.6 Å². The summed E-state index contributed by atoms with van der Waals surface area (Å²) in [5.41, 5.74) is 2.35. The maximum atomic E-state index is 9.59. The van der Waals surface area contributed by atoms with Crippen LogP contribution >= 0.6 is 0 Å². The van der Waals surface area contributed by atoms with Crippen LogP contribution in [0.2, 0.25) is 0 Å². The van der Waals surface area contributed by atoms with Gasteiger partial charge in [-0.25, -0.2) is 0 Å². The average molecular weight is 274 g/mol. The van der Waals surface area contributed by atoms with Crippen molar-refractivity contribution in [1.82, 2.24) is 9.78 Å². The van der Waals surface area contributed by atoms with Gasteiger partial charge in [0.15, 0.2) is 0 Å². The molecule has 0 radical (unpaired) electrons. The van der Waals surface area contributed by atoms with Gasteiger partial charge in [0.1, 0.15) is 5.75 Å². The Morgan fingerprint density at radius 2 is 2.10 bits per heavy atom. The third-order valence-electron chi connectivity index (χ3n) is 3.69. The highest BCUT2D eigenvalue weighted by Gasteiger charge is 2.12. The number of aliphatic hydroxyl groups is 1. The summed E-state index contributed by atoms with van der Waals surface area (Å²) in [5.74, 6) is 1.13. The Morgan fingerprint density at radius 3 is 2.75 bits per heavy atom. The molecule has 0 aliphatic rings. The number of hydrogen-bond acceptors (Lipinski definition) is 3. The second-order valence-electron chi connectivity index (χ2n) is 5.05. The first-order valence-corrected chi connectivity index (χ1v) is 6.94. The van der Waals surface area contributed by atoms with E-state index in [2.05, 4.69) is 11.2 Å². The molecule has 0 saturated heterocycles. The van der Waals surface area contributed by atoms with Crippen LogP contribution in [0.1, 0.15) is 17.7 Å². The van der Waals surface area contributed by atoms with Gasteiger partial charge in [0.25, 0.3) is 0 Å². The number of aliphatic hydroxyl groups excluding tert-OH is 1. The van der Waals surface area contributed by atoms with E-state index in [1.165, 1.54) is 5.69 Å². The molecule has 1 unspecified atom stereocenters. The molecule has 1 heterocycles. The van der Waals surface area contributed by atoms with Crippen molar-refractivity contribution in [3.05, 3.63) is 47.8 Å². The second kappa shape index (κ2) is 7.10. The van der Waals surface area contributed by atoms with Crippen LogP contribution < -0.4 is 4.74 Å². The first-order chi connectivity index (χ1) is 9.74. The number of rotatable bonds is 7. The maximum Gasteiger partial charge on any atom is 0.122 e. The molecule has 0 spiro atoms. The fourth-order valence-electron chi connectivity index (χ4n) is 2.44. The number of methoxy groups -OCH3 is 1. The van der Waals surface area contributed by atoms with Gasteiger partial charge in [-0.3, -0.25) is 4.68 Å². The fourth-order valence-corrected chi connectivity index (χ4v) is 2.44. The molecular weight excluding hydrogens is 252 g/mol. The van der Waals surface area contributed by atoms with Crippen LogP contribution in [0.5, 0.6) is 5.75 Å². The van der Waals surface area contributed by atoms with Crippen LogP contribution in [0.15, 0.2) is 36.5 Å². The molecule has 20 heavy (non-hydrogen) atoms. The summed E-state index contributed by atoms with van der Waals surface area (Å²) in [4.78, 5) is 0. The predicted molar refractivity (Wildman–Crippen MR) is 78.8 cm³/mol. The molecule has 0 amide bonds. The lowest BCUT2D eigenvalue weighted by atomic mass is 9.94. The second-order valence-corrected chi connectivity index (χ2v) is 5.05. The Labute approximate surface area is 120 Å². The minimum absolute atomic E-state index is 0.190. The van der Waals surface area contributed by atoms with Crippen molar-refractivity contribution >= 4 is 0 Å². The van der Waals surface area contributed by atoms with Crippen LogP contribution in [0.3, 0.4) is 0 Å². The summed E-state index contributed by atoms with van der Waals surface area (Å²) in [6.45, 7) is 0.190. The van der Waals surface area contributed by atoms with E-state index in [1.807, 2.05) is 42.2 Å². The predicted octanol–water partition coefficient (Wildman–Crippen LogP) is 2.21. The molecule has 1 aromatic heterocycles. The van der Waals surface area contributed by atoms with E-state index in [1.54, 1.807) is 7.11 Å². The van der Waals surface area contributed by atoms with Gasteiger partial charge < -0.3 is 9.84 Å². The van der Waals surface area contributed by atoms with E-state index in [9.17, 15) is 5.11 Å². The van der Waals surface area contributed by atoms with E-state index < -0.39 is 0 Å². The van der Waals surface area contributed by atoms with Gasteiger partial charge in [-0.15, -0.1) is 0 Å². The van der Waals surface area contributed by atoms with Crippen molar-refractivity contribution in [2.45, 2.75) is 19.3 Å². The summed E-state index contributed by atoms with van der Waals surface area (Å²) in [6, 6.07) is 10.0. The van der Waals surface area contributed by atoms with Crippen LogP contribution in [0, 0.1) is 5.92 Å². The number of aromatic nitrogens is 2. The Bertz CT molecular complexity index is 537. The lowest BCUT2D eigenvalue weighted by molar-refractivity contribution is 0.216. The normalized spacial score (nSPS) is 12.3. The van der Waals surface area contributed by atoms with Gasteiger partial charge >= 0.3 is 0 Å². The molecule has 0 aliphatic carbocycles. The topological polar surface area (TPSA) is 47.3 Å². The molecule has 0 saturated carbocycles. The van der Waals surface area contributed by atoms with E-state index in [0.29, 0.717) is 0 Å². The van der Waals surface area contributed by atoms with E-state index in [0.717, 1.165) is 30.6 Å². The molecular formula is C16H22N2O2. The summed E-state index contributed by atoms with van der Waals surface area (Å²) in [7, 11) is 3.63. The van der Waals surface area contributed by atoms with Gasteiger partial charge in [-0.1, -0.05) is 18.2 Å². The first kappa shape index (κ1) is 14.6. The minimum Gasteiger partial charge on any atom is -0.496 e. The van der Waals surface area contributed by atoms with Crippen LogP contribution in [-0.2, 0) is 19.9 Å². The Hall–Kier alpha value is -1.81. The third-order valence-corrected chi connectivity index (χ3v) is 3.69. The Balaban J connectivity index is 1.97. The summed E-state index contributed by atoms with van der Waals surface area (Å²) in [5, 5.41) is 13.8. The number of benzene rings is 1. The van der Waals surface area contributed by atoms with Crippen LogP contribution in [0.4, 0.5) is 0 Å². The third kappa shape index (κ3) is 3.61. The zero-order valence-electron chi connectivity index (χ0n) is 12.1. The molecule has 1 atom stereocenters. The van der Waals surface area contributed by atoms with Crippen molar-refractivity contribution < 1.29 is 9.84 Å². The number of ether oxygens (including phenoxy) is 1. The molecule has 2 rings (SSSR count). The summed E-state index contributed by atoms with van der Waals surface area (Å²) >= 11 is 0. The lowest BCUT2D eigenvalue weighted by Crippen LogP contribution is -2.12. The summed E-state index contributed by atoms with van der Waals surface area (Å²) < 4.78 is 7.25. The molecule has 4 nitrogen and oxygen atoms in total. The van der Waals surface area contributed by atoms with Gasteiger partial charge in [-0.05, 0) is 42.9 Å². The van der Waals surface area contributed by atoms with Gasteiger partial charge in [-0.2, -0.15) is 5.10 Å². The standard InChI is InChI=1S/C16H22N2O2/c1-18-15(9-10-17-18)8-7-13(12-19)11-14-5-3-4-6-16(14)20-2/h3-6,9-10,13,19H,7-8,11-12H2,1-2H3. The van der Waals surface area contributed by atoms with E-state index in [4.69, 9.17) is 4.74 Å². The quantitative estimate of drug-likeness (QED) is 0.842. The van der Waals surface area contributed by atoms with Crippen molar-refractivity contribution in [2.75, 3.05) is 13.7 Å². The molecule has 4 heteroatoms. The van der Waals surface area contributed by atoms with Crippen LogP contribution in [0.25, 0.3) is 0 Å². The summed E-state index contributed by atoms with van der Waals surface area (Å²) in [6.07, 6.45) is 4.51. The smallest absolute Gasteiger partial charge is 0.122 e. The van der Waals surface area contributed by atoms with E-state index in [-0.39, 0.29) is 12.5 Å². The number of nitrogens with zero attached hydrogens (tertiary/aromatic N) is 2. The highest BCUT2D eigenvalue weighted by Crippen LogP contribution is 2.23. The first-order valence-electron chi connectivity index (χ1n) is 6.94. The molecule has 0 aliphatic heterocycles. The Morgan fingerprint density at radius 1 is 1.30 bits per heavy atom. The molecule has 2 aromatic rings. The molecule has 1 N–H and O–H groups in total. The minimum atomic E-state index is 0.190. The number of aryl methyl sites for hydroxylation is 2. The highest BCUT2D eigenvalue weighted by atomic mass is 16.5. The van der Waals surface area contributed by atoms with Gasteiger partial charge in [0.05, 0.1) is 7.11 Å².